The third-order valence-corrected chi connectivity index (χ3v) is 8.00. The van der Waals surface area contributed by atoms with E-state index < -0.39 is 11.9 Å². The van der Waals surface area contributed by atoms with E-state index in [0.717, 1.165) is 22.0 Å². The van der Waals surface area contributed by atoms with Gasteiger partial charge in [-0.3, -0.25) is 19.1 Å². The summed E-state index contributed by atoms with van der Waals surface area (Å²) >= 11 is 0. The molecule has 3 aromatic heterocycles. The number of hydrogen-bond donors (Lipinski definition) is 2. The number of benzene rings is 3. The minimum atomic E-state index is -1.05. The normalized spacial score (nSPS) is 11.9. The number of rotatable bonds is 9. The van der Waals surface area contributed by atoms with E-state index in [1.165, 1.54) is 15.8 Å². The third kappa shape index (κ3) is 5.47. The molecule has 0 radical (unpaired) electrons. The Balaban J connectivity index is 1.41. The van der Waals surface area contributed by atoms with Gasteiger partial charge in [0.25, 0.3) is 11.5 Å². The van der Waals surface area contributed by atoms with Crippen LogP contribution in [0.1, 0.15) is 34.2 Å². The molecule has 0 spiro atoms. The standard InChI is InChI=1S/C35H33N5O4/c1-23-15-17-25(18-16-23)33(34(42)37-32-24(2)38(3)40(35(32)43)27-10-5-4-6-11-27)39(22-28-12-9-19-44-28)31(41)20-26-21-36-30-14-8-7-13-29(26)30/h4-19,21,33,36H,20,22H2,1-3H3,(H,37,42)/t33-/m1/s1. The summed E-state index contributed by atoms with van der Waals surface area (Å²) < 4.78 is 8.85. The Kier molecular flexibility index (Phi) is 7.76. The molecule has 1 atom stereocenters. The SMILES string of the molecule is Cc1ccc([C@H](C(=O)Nc2c(C)n(C)n(-c3ccccc3)c2=O)N(Cc2ccco2)C(=O)Cc2c[nH]c3ccccc23)cc1. The van der Waals surface area contributed by atoms with Gasteiger partial charge in [0.15, 0.2) is 0 Å². The van der Waals surface area contributed by atoms with Crippen LogP contribution in [0.4, 0.5) is 5.69 Å². The molecule has 44 heavy (non-hydrogen) atoms. The fraction of sp³-hybridized carbons (Fsp3) is 0.171. The topological polar surface area (TPSA) is 105 Å². The minimum Gasteiger partial charge on any atom is -0.467 e. The second kappa shape index (κ2) is 12.0. The summed E-state index contributed by atoms with van der Waals surface area (Å²) in [5, 5.41) is 3.84. The number of aromatic amines is 1. The number of carbonyl (C=O) groups is 2. The number of carbonyl (C=O) groups excluding carboxylic acids is 2. The lowest BCUT2D eigenvalue weighted by molar-refractivity contribution is -0.139. The Labute approximate surface area is 254 Å². The maximum atomic E-state index is 14.3. The van der Waals surface area contributed by atoms with Crippen molar-refractivity contribution in [3.63, 3.8) is 0 Å². The first-order valence-electron chi connectivity index (χ1n) is 14.4. The first-order chi connectivity index (χ1) is 21.3. The zero-order valence-electron chi connectivity index (χ0n) is 24.8. The van der Waals surface area contributed by atoms with Crippen LogP contribution in [-0.2, 0) is 29.6 Å². The predicted octanol–water partition coefficient (Wildman–Crippen LogP) is 5.82. The van der Waals surface area contributed by atoms with Crippen LogP contribution in [-0.4, -0.2) is 31.1 Å². The molecule has 0 aliphatic heterocycles. The molecule has 9 heteroatoms. The molecule has 0 bridgehead atoms. The molecule has 0 fully saturated rings. The molecule has 3 aromatic carbocycles. The zero-order valence-corrected chi connectivity index (χ0v) is 24.8. The lowest BCUT2D eigenvalue weighted by Gasteiger charge is -2.31. The number of nitrogens with zero attached hydrogens (tertiary/aromatic N) is 3. The Bertz CT molecular complexity index is 1980. The molecule has 0 saturated carbocycles. The van der Waals surface area contributed by atoms with Gasteiger partial charge >= 0.3 is 0 Å². The van der Waals surface area contributed by atoms with Crippen LogP contribution in [0.25, 0.3) is 16.6 Å². The van der Waals surface area contributed by atoms with E-state index >= 15 is 0 Å². The van der Waals surface area contributed by atoms with Crippen LogP contribution in [0.3, 0.4) is 0 Å². The molecule has 9 nitrogen and oxygen atoms in total. The quantitative estimate of drug-likeness (QED) is 0.222. The van der Waals surface area contributed by atoms with Gasteiger partial charge in [-0.2, -0.15) is 0 Å². The summed E-state index contributed by atoms with van der Waals surface area (Å²) in [5.41, 5.74) is 4.42. The van der Waals surface area contributed by atoms with E-state index in [-0.39, 0.29) is 30.1 Å². The molecule has 0 aliphatic carbocycles. The smallest absolute Gasteiger partial charge is 0.295 e. The molecule has 0 aliphatic rings. The highest BCUT2D eigenvalue weighted by molar-refractivity contribution is 5.99. The van der Waals surface area contributed by atoms with Crippen molar-refractivity contribution in [1.82, 2.24) is 19.2 Å². The molecule has 0 saturated heterocycles. The third-order valence-electron chi connectivity index (χ3n) is 8.00. The van der Waals surface area contributed by atoms with Gasteiger partial charge in [-0.05, 0) is 55.3 Å². The number of amides is 2. The number of anilines is 1. The second-order valence-corrected chi connectivity index (χ2v) is 10.9. The number of para-hydroxylation sites is 2. The predicted molar refractivity (Wildman–Crippen MR) is 170 cm³/mol. The second-order valence-electron chi connectivity index (χ2n) is 10.9. The van der Waals surface area contributed by atoms with E-state index in [1.807, 2.05) is 92.0 Å². The van der Waals surface area contributed by atoms with Crippen molar-refractivity contribution in [2.45, 2.75) is 32.9 Å². The summed E-state index contributed by atoms with van der Waals surface area (Å²) in [4.78, 5) is 47.0. The lowest BCUT2D eigenvalue weighted by Crippen LogP contribution is -2.42. The fourth-order valence-corrected chi connectivity index (χ4v) is 5.56. The highest BCUT2D eigenvalue weighted by Gasteiger charge is 2.34. The first kappa shape index (κ1) is 28.5. The number of nitrogens with one attached hydrogen (secondary N) is 2. The summed E-state index contributed by atoms with van der Waals surface area (Å²) in [6.45, 7) is 3.79. The average Bonchev–Trinajstić information content (AvgIpc) is 3.75. The number of aromatic nitrogens is 3. The molecule has 2 amide bonds. The van der Waals surface area contributed by atoms with E-state index in [0.29, 0.717) is 22.7 Å². The van der Waals surface area contributed by atoms with Crippen LogP contribution >= 0.6 is 0 Å². The molecule has 222 valence electrons. The van der Waals surface area contributed by atoms with E-state index in [9.17, 15) is 14.4 Å². The minimum absolute atomic E-state index is 0.0577. The number of furan rings is 1. The highest BCUT2D eigenvalue weighted by atomic mass is 16.3. The van der Waals surface area contributed by atoms with Crippen molar-refractivity contribution in [3.05, 3.63) is 142 Å². The number of H-pyrrole nitrogens is 1. The summed E-state index contributed by atoms with van der Waals surface area (Å²) in [5.74, 6) is -0.235. The number of fused-ring (bicyclic) bond motifs is 1. The van der Waals surface area contributed by atoms with Crippen molar-refractivity contribution < 1.29 is 14.0 Å². The van der Waals surface area contributed by atoms with Crippen LogP contribution in [0.2, 0.25) is 0 Å². The molecule has 3 heterocycles. The number of aryl methyl sites for hydroxylation is 1. The summed E-state index contributed by atoms with van der Waals surface area (Å²) in [6.07, 6.45) is 3.43. The van der Waals surface area contributed by atoms with Gasteiger partial charge in [0.05, 0.1) is 30.6 Å². The maximum Gasteiger partial charge on any atom is 0.295 e. The molecule has 6 aromatic rings. The van der Waals surface area contributed by atoms with Gasteiger partial charge in [0.1, 0.15) is 17.5 Å². The van der Waals surface area contributed by atoms with Crippen LogP contribution in [0.15, 0.2) is 113 Å². The van der Waals surface area contributed by atoms with E-state index in [1.54, 1.807) is 30.8 Å². The van der Waals surface area contributed by atoms with Gasteiger partial charge in [-0.25, -0.2) is 4.68 Å². The van der Waals surface area contributed by atoms with Gasteiger partial charge in [-0.15, -0.1) is 0 Å². The first-order valence-corrected chi connectivity index (χ1v) is 14.4. The monoisotopic (exact) mass is 587 g/mol. The summed E-state index contributed by atoms with van der Waals surface area (Å²) in [7, 11) is 1.77. The zero-order chi connectivity index (χ0) is 30.8. The van der Waals surface area contributed by atoms with Crippen LogP contribution in [0.5, 0.6) is 0 Å². The Morgan fingerprint density at radius 3 is 2.39 bits per heavy atom. The van der Waals surface area contributed by atoms with Crippen molar-refractivity contribution in [3.8, 4) is 5.69 Å². The lowest BCUT2D eigenvalue weighted by atomic mass is 10.0. The molecular formula is C35H33N5O4. The highest BCUT2D eigenvalue weighted by Crippen LogP contribution is 2.28. The maximum absolute atomic E-state index is 14.3. The fourth-order valence-electron chi connectivity index (χ4n) is 5.56. The molecule has 2 N–H and O–H groups in total. The van der Waals surface area contributed by atoms with E-state index in [4.69, 9.17) is 4.42 Å². The van der Waals surface area contributed by atoms with Gasteiger partial charge < -0.3 is 19.6 Å². The Morgan fingerprint density at radius 2 is 1.66 bits per heavy atom. The Morgan fingerprint density at radius 1 is 0.932 bits per heavy atom. The van der Waals surface area contributed by atoms with Crippen LogP contribution < -0.4 is 10.9 Å². The largest absolute Gasteiger partial charge is 0.467 e. The average molecular weight is 588 g/mol. The Hall–Kier alpha value is -5.57. The summed E-state index contributed by atoms with van der Waals surface area (Å²) in [6, 6.07) is 27.0. The van der Waals surface area contributed by atoms with Crippen molar-refractivity contribution in [2.75, 3.05) is 5.32 Å². The van der Waals surface area contributed by atoms with Crippen molar-refractivity contribution in [2.24, 2.45) is 7.05 Å². The van der Waals surface area contributed by atoms with Gasteiger partial charge in [-0.1, -0.05) is 66.2 Å². The van der Waals surface area contributed by atoms with E-state index in [2.05, 4.69) is 10.3 Å². The van der Waals surface area contributed by atoms with Gasteiger partial charge in [0.2, 0.25) is 5.91 Å². The van der Waals surface area contributed by atoms with Crippen molar-refractivity contribution in [1.29, 1.82) is 0 Å². The van der Waals surface area contributed by atoms with Crippen molar-refractivity contribution >= 4 is 28.4 Å². The van der Waals surface area contributed by atoms with Crippen LogP contribution in [0, 0.1) is 13.8 Å². The molecule has 6 rings (SSSR count). The molecular weight excluding hydrogens is 554 g/mol. The van der Waals surface area contributed by atoms with Gasteiger partial charge in [0, 0.05) is 24.1 Å². The number of hydrogen-bond acceptors (Lipinski definition) is 4. The molecule has 0 unspecified atom stereocenters.